The molecule has 3 nitrogen and oxygen atoms in total. The highest BCUT2D eigenvalue weighted by Gasteiger charge is 2.10. The van der Waals surface area contributed by atoms with E-state index in [9.17, 15) is 4.79 Å². The highest BCUT2D eigenvalue weighted by molar-refractivity contribution is 5.78. The van der Waals surface area contributed by atoms with Crippen LogP contribution in [0.3, 0.4) is 0 Å². The van der Waals surface area contributed by atoms with Gasteiger partial charge in [-0.25, -0.2) is 0 Å². The minimum atomic E-state index is -0.956. The van der Waals surface area contributed by atoms with Crippen LogP contribution in [-0.4, -0.2) is 17.1 Å². The SMILES string of the molecule is CC(C)CCC(O)C(N)=O. The number of aliphatic hydroxyl groups is 1. The fourth-order valence-electron chi connectivity index (χ4n) is 0.633. The largest absolute Gasteiger partial charge is 0.383 e. The van der Waals surface area contributed by atoms with Gasteiger partial charge in [-0.2, -0.15) is 0 Å². The van der Waals surface area contributed by atoms with Crippen LogP contribution in [0.5, 0.6) is 0 Å². The highest BCUT2D eigenvalue weighted by Crippen LogP contribution is 2.05. The Kier molecular flexibility index (Phi) is 4.03. The summed E-state index contributed by atoms with van der Waals surface area (Å²) < 4.78 is 0. The Morgan fingerprint density at radius 2 is 2.00 bits per heavy atom. The van der Waals surface area contributed by atoms with Gasteiger partial charge in [0.1, 0.15) is 6.10 Å². The van der Waals surface area contributed by atoms with Crippen molar-refractivity contribution in [1.29, 1.82) is 0 Å². The summed E-state index contributed by atoms with van der Waals surface area (Å²) in [4.78, 5) is 10.3. The first-order chi connectivity index (χ1) is 4.54. The van der Waals surface area contributed by atoms with Gasteiger partial charge in [0.15, 0.2) is 0 Å². The monoisotopic (exact) mass is 145 g/mol. The van der Waals surface area contributed by atoms with E-state index in [0.29, 0.717) is 12.3 Å². The van der Waals surface area contributed by atoms with Crippen LogP contribution in [0.2, 0.25) is 0 Å². The summed E-state index contributed by atoms with van der Waals surface area (Å²) in [5, 5.41) is 8.90. The third-order valence-corrected chi connectivity index (χ3v) is 1.35. The van der Waals surface area contributed by atoms with Crippen molar-refractivity contribution in [3.05, 3.63) is 0 Å². The lowest BCUT2D eigenvalue weighted by Gasteiger charge is -2.07. The third-order valence-electron chi connectivity index (χ3n) is 1.35. The predicted molar refractivity (Wildman–Crippen MR) is 39.3 cm³/mol. The Bertz CT molecular complexity index is 112. The van der Waals surface area contributed by atoms with E-state index in [1.165, 1.54) is 0 Å². The fraction of sp³-hybridized carbons (Fsp3) is 0.857. The molecule has 1 unspecified atom stereocenters. The summed E-state index contributed by atoms with van der Waals surface area (Å²) >= 11 is 0. The Hall–Kier alpha value is -0.570. The highest BCUT2D eigenvalue weighted by atomic mass is 16.3. The Morgan fingerprint density at radius 1 is 1.50 bits per heavy atom. The summed E-state index contributed by atoms with van der Waals surface area (Å²) in [7, 11) is 0. The molecule has 0 aliphatic carbocycles. The van der Waals surface area contributed by atoms with Crippen molar-refractivity contribution in [3.63, 3.8) is 0 Å². The van der Waals surface area contributed by atoms with Gasteiger partial charge in [-0.15, -0.1) is 0 Å². The Labute approximate surface area is 61.2 Å². The molecule has 0 aromatic rings. The Balaban J connectivity index is 3.40. The second kappa shape index (κ2) is 4.28. The zero-order chi connectivity index (χ0) is 8.15. The van der Waals surface area contributed by atoms with Crippen LogP contribution in [-0.2, 0) is 4.79 Å². The quantitative estimate of drug-likeness (QED) is 0.596. The lowest BCUT2D eigenvalue weighted by molar-refractivity contribution is -0.126. The molecule has 3 N–H and O–H groups in total. The lowest BCUT2D eigenvalue weighted by atomic mass is 10.1. The van der Waals surface area contributed by atoms with Crippen molar-refractivity contribution >= 4 is 5.91 Å². The maximum Gasteiger partial charge on any atom is 0.246 e. The molecule has 3 heteroatoms. The van der Waals surface area contributed by atoms with Gasteiger partial charge in [0, 0.05) is 0 Å². The molecule has 0 rings (SSSR count). The molecule has 0 radical (unpaired) electrons. The van der Waals surface area contributed by atoms with Crippen LogP contribution in [0.25, 0.3) is 0 Å². The molecule has 0 aliphatic heterocycles. The molecule has 1 amide bonds. The van der Waals surface area contributed by atoms with E-state index in [0.717, 1.165) is 6.42 Å². The zero-order valence-electron chi connectivity index (χ0n) is 6.50. The van der Waals surface area contributed by atoms with Crippen LogP contribution in [0.4, 0.5) is 0 Å². The first-order valence-corrected chi connectivity index (χ1v) is 3.51. The van der Waals surface area contributed by atoms with Gasteiger partial charge in [-0.05, 0) is 18.8 Å². The van der Waals surface area contributed by atoms with Gasteiger partial charge in [0.2, 0.25) is 5.91 Å². The van der Waals surface area contributed by atoms with E-state index in [-0.39, 0.29) is 0 Å². The van der Waals surface area contributed by atoms with Crippen molar-refractivity contribution in [1.82, 2.24) is 0 Å². The molecular formula is C7H15NO2. The average molecular weight is 145 g/mol. The topological polar surface area (TPSA) is 63.3 Å². The number of hydrogen-bond donors (Lipinski definition) is 2. The normalized spacial score (nSPS) is 13.6. The van der Waals surface area contributed by atoms with Crippen molar-refractivity contribution in [3.8, 4) is 0 Å². The van der Waals surface area contributed by atoms with E-state index >= 15 is 0 Å². The number of carbonyl (C=O) groups excluding carboxylic acids is 1. The van der Waals surface area contributed by atoms with E-state index in [4.69, 9.17) is 10.8 Å². The second-order valence-electron chi connectivity index (χ2n) is 2.89. The van der Waals surface area contributed by atoms with Crippen molar-refractivity contribution in [2.75, 3.05) is 0 Å². The maximum absolute atomic E-state index is 10.3. The van der Waals surface area contributed by atoms with Gasteiger partial charge >= 0.3 is 0 Å². The van der Waals surface area contributed by atoms with E-state index < -0.39 is 12.0 Å². The van der Waals surface area contributed by atoms with Gasteiger partial charge < -0.3 is 10.8 Å². The predicted octanol–water partition coefficient (Wildman–Crippen LogP) is 0.269. The number of amides is 1. The molecule has 1 atom stereocenters. The van der Waals surface area contributed by atoms with E-state index in [1.807, 2.05) is 13.8 Å². The molecule has 0 bridgehead atoms. The third kappa shape index (κ3) is 4.32. The molecule has 60 valence electrons. The van der Waals surface area contributed by atoms with Crippen LogP contribution in [0, 0.1) is 5.92 Å². The number of hydrogen-bond acceptors (Lipinski definition) is 2. The van der Waals surface area contributed by atoms with Gasteiger partial charge in [-0.1, -0.05) is 13.8 Å². The first-order valence-electron chi connectivity index (χ1n) is 3.51. The van der Waals surface area contributed by atoms with E-state index in [1.54, 1.807) is 0 Å². The maximum atomic E-state index is 10.3. The second-order valence-corrected chi connectivity index (χ2v) is 2.89. The van der Waals surface area contributed by atoms with Crippen molar-refractivity contribution in [2.45, 2.75) is 32.8 Å². The molecule has 0 saturated heterocycles. The summed E-state index contributed by atoms with van der Waals surface area (Å²) in [6.07, 6.45) is 0.360. The molecule has 0 aliphatic rings. The lowest BCUT2D eigenvalue weighted by Crippen LogP contribution is -2.28. The fourth-order valence-corrected chi connectivity index (χ4v) is 0.633. The minimum Gasteiger partial charge on any atom is -0.383 e. The minimum absolute atomic E-state index is 0.479. The van der Waals surface area contributed by atoms with Gasteiger partial charge in [0.25, 0.3) is 0 Å². The summed E-state index contributed by atoms with van der Waals surface area (Å²) in [5.41, 5.74) is 4.83. The number of carbonyl (C=O) groups is 1. The average Bonchev–Trinajstić information content (AvgIpc) is 1.82. The van der Waals surface area contributed by atoms with Crippen LogP contribution in [0.1, 0.15) is 26.7 Å². The molecule has 0 fully saturated rings. The number of rotatable bonds is 4. The van der Waals surface area contributed by atoms with Crippen molar-refractivity contribution in [2.24, 2.45) is 11.7 Å². The molecule has 0 heterocycles. The molecule has 10 heavy (non-hydrogen) atoms. The molecule has 0 saturated carbocycles. The molecule has 0 aromatic carbocycles. The number of nitrogens with two attached hydrogens (primary N) is 1. The smallest absolute Gasteiger partial charge is 0.246 e. The molecule has 0 spiro atoms. The van der Waals surface area contributed by atoms with Gasteiger partial charge in [-0.3, -0.25) is 4.79 Å². The standard InChI is InChI=1S/C7H15NO2/c1-5(2)3-4-6(9)7(8)10/h5-6,9H,3-4H2,1-2H3,(H2,8,10). The van der Waals surface area contributed by atoms with Crippen LogP contribution >= 0.6 is 0 Å². The van der Waals surface area contributed by atoms with Gasteiger partial charge in [0.05, 0.1) is 0 Å². The summed E-state index contributed by atoms with van der Waals surface area (Å²) in [6.45, 7) is 4.07. The van der Waals surface area contributed by atoms with Crippen molar-refractivity contribution < 1.29 is 9.90 Å². The zero-order valence-corrected chi connectivity index (χ0v) is 6.50. The van der Waals surface area contributed by atoms with E-state index in [2.05, 4.69) is 0 Å². The van der Waals surface area contributed by atoms with Crippen LogP contribution < -0.4 is 5.73 Å². The summed E-state index contributed by atoms with van der Waals surface area (Å²) in [6, 6.07) is 0. The summed E-state index contributed by atoms with van der Waals surface area (Å²) in [5.74, 6) is -0.116. The molecule has 0 aromatic heterocycles. The number of aliphatic hydroxyl groups excluding tert-OH is 1. The number of primary amides is 1. The van der Waals surface area contributed by atoms with Crippen LogP contribution in [0.15, 0.2) is 0 Å². The Morgan fingerprint density at radius 3 is 2.30 bits per heavy atom. The first kappa shape index (κ1) is 9.43. The molecular weight excluding hydrogens is 130 g/mol.